The van der Waals surface area contributed by atoms with Crippen LogP contribution in [0.5, 0.6) is 0 Å². The van der Waals surface area contributed by atoms with Crippen molar-refractivity contribution in [1.29, 1.82) is 0 Å². The maximum atomic E-state index is 12.7. The van der Waals surface area contributed by atoms with E-state index in [-0.39, 0.29) is 16.0 Å². The summed E-state index contributed by atoms with van der Waals surface area (Å²) in [6.45, 7) is 6.31. The van der Waals surface area contributed by atoms with Crippen molar-refractivity contribution in [3.63, 3.8) is 0 Å². The molecule has 0 saturated heterocycles. The van der Waals surface area contributed by atoms with Crippen molar-refractivity contribution in [2.45, 2.75) is 31.7 Å². The number of hydrogen-bond donors (Lipinski definition) is 1. The van der Waals surface area contributed by atoms with Crippen LogP contribution in [0.4, 0.5) is 5.69 Å². The smallest absolute Gasteiger partial charge is 0.292 e. The molecule has 0 aliphatic heterocycles. The van der Waals surface area contributed by atoms with Crippen LogP contribution in [0.25, 0.3) is 5.69 Å². The number of halogens is 2. The van der Waals surface area contributed by atoms with Crippen molar-refractivity contribution in [3.8, 4) is 5.69 Å². The lowest BCUT2D eigenvalue weighted by molar-refractivity contribution is 0.445. The Bertz CT molecular complexity index is 1240. The average molecular weight is 495 g/mol. The van der Waals surface area contributed by atoms with Crippen molar-refractivity contribution in [3.05, 3.63) is 80.7 Å². The normalized spacial score (nSPS) is 12.7. The van der Waals surface area contributed by atoms with E-state index in [9.17, 15) is 13.2 Å². The van der Waals surface area contributed by atoms with Gasteiger partial charge in [-0.25, -0.2) is 8.42 Å². The van der Waals surface area contributed by atoms with Crippen LogP contribution in [0, 0.1) is 0 Å². The molecule has 0 aliphatic rings. The van der Waals surface area contributed by atoms with E-state index < -0.39 is 15.6 Å². The largest absolute Gasteiger partial charge is 0.376 e. The molecule has 170 valence electrons. The molecule has 1 N–H and O–H groups in total. The summed E-state index contributed by atoms with van der Waals surface area (Å²) < 4.78 is 27.9. The summed E-state index contributed by atoms with van der Waals surface area (Å²) in [5.74, 6) is 0. The lowest BCUT2D eigenvalue weighted by Gasteiger charge is -2.20. The van der Waals surface area contributed by atoms with Gasteiger partial charge in [0, 0.05) is 24.2 Å². The average Bonchev–Trinajstić information content (AvgIpc) is 2.78. The van der Waals surface area contributed by atoms with E-state index in [1.165, 1.54) is 15.2 Å². The highest BCUT2D eigenvalue weighted by Crippen LogP contribution is 2.25. The summed E-state index contributed by atoms with van der Waals surface area (Å²) in [6.07, 6.45) is 1.48. The molecule has 2 aromatic carbocycles. The second-order valence-corrected chi connectivity index (χ2v) is 9.84. The van der Waals surface area contributed by atoms with Crippen molar-refractivity contribution in [1.82, 2.24) is 14.1 Å². The second kappa shape index (κ2) is 10.0. The fourth-order valence-corrected chi connectivity index (χ4v) is 5.02. The monoisotopic (exact) mass is 494 g/mol. The van der Waals surface area contributed by atoms with Crippen LogP contribution in [0.15, 0.2) is 64.4 Å². The lowest BCUT2D eigenvalue weighted by Crippen LogP contribution is -2.30. The molecule has 0 amide bonds. The van der Waals surface area contributed by atoms with E-state index in [0.29, 0.717) is 29.5 Å². The van der Waals surface area contributed by atoms with Crippen LogP contribution in [0.2, 0.25) is 10.0 Å². The predicted molar refractivity (Wildman–Crippen MR) is 128 cm³/mol. The van der Waals surface area contributed by atoms with Crippen LogP contribution >= 0.6 is 23.2 Å². The number of benzene rings is 2. The van der Waals surface area contributed by atoms with Crippen LogP contribution in [0.1, 0.15) is 32.4 Å². The van der Waals surface area contributed by atoms with E-state index in [4.69, 9.17) is 23.2 Å². The van der Waals surface area contributed by atoms with Gasteiger partial charge in [-0.2, -0.15) is 14.1 Å². The molecule has 0 spiro atoms. The topological polar surface area (TPSA) is 84.3 Å². The Kier molecular flexibility index (Phi) is 7.61. The number of aromatic nitrogens is 2. The third-order valence-corrected chi connectivity index (χ3v) is 7.77. The molecule has 1 atom stereocenters. The minimum Gasteiger partial charge on any atom is -0.376 e. The molecule has 1 unspecified atom stereocenters. The Morgan fingerprint density at radius 3 is 2.19 bits per heavy atom. The maximum absolute atomic E-state index is 12.7. The third kappa shape index (κ3) is 4.99. The Hall–Kier alpha value is -2.39. The zero-order valence-electron chi connectivity index (χ0n) is 17.9. The molecule has 7 nitrogen and oxygen atoms in total. The SMILES string of the molecule is CCN(CC)S(=O)(=O)c1ccc(C(C)Nc2cnn(-c3ccc(Cl)cc3)c(=O)c2Cl)cc1. The van der Waals surface area contributed by atoms with Crippen LogP contribution in [-0.4, -0.2) is 35.6 Å². The summed E-state index contributed by atoms with van der Waals surface area (Å²) in [7, 11) is -3.52. The second-order valence-electron chi connectivity index (χ2n) is 7.09. The molecule has 0 fully saturated rings. The van der Waals surface area contributed by atoms with Gasteiger partial charge >= 0.3 is 0 Å². The molecule has 3 rings (SSSR count). The van der Waals surface area contributed by atoms with Crippen molar-refractivity contribution >= 4 is 38.9 Å². The number of nitrogens with zero attached hydrogens (tertiary/aromatic N) is 3. The third-order valence-electron chi connectivity index (χ3n) is 5.09. The highest BCUT2D eigenvalue weighted by Gasteiger charge is 2.22. The van der Waals surface area contributed by atoms with Gasteiger partial charge < -0.3 is 5.32 Å². The number of sulfonamides is 1. The zero-order valence-corrected chi connectivity index (χ0v) is 20.2. The molecule has 1 aromatic heterocycles. The molecule has 0 bridgehead atoms. The molecule has 10 heteroatoms. The van der Waals surface area contributed by atoms with Gasteiger partial charge in [-0.15, -0.1) is 0 Å². The highest BCUT2D eigenvalue weighted by atomic mass is 35.5. The lowest BCUT2D eigenvalue weighted by atomic mass is 10.1. The minimum atomic E-state index is -3.52. The molecule has 1 heterocycles. The van der Waals surface area contributed by atoms with Crippen LogP contribution in [-0.2, 0) is 10.0 Å². The van der Waals surface area contributed by atoms with E-state index in [0.717, 1.165) is 5.56 Å². The number of rotatable bonds is 8. The van der Waals surface area contributed by atoms with Gasteiger partial charge in [-0.05, 0) is 48.9 Å². The number of anilines is 1. The molecule has 3 aromatic rings. The van der Waals surface area contributed by atoms with Gasteiger partial charge in [0.25, 0.3) is 5.56 Å². The van der Waals surface area contributed by atoms with Crippen molar-refractivity contribution < 1.29 is 8.42 Å². The Labute approximate surface area is 197 Å². The standard InChI is InChI=1S/C22H24Cl2N4O3S/c1-4-27(5-2)32(30,31)19-12-6-16(7-13-19)15(3)26-20-14-25-28(22(29)21(20)24)18-10-8-17(23)9-11-18/h6-15,26H,4-5H2,1-3H3. The van der Waals surface area contributed by atoms with E-state index in [1.54, 1.807) is 62.4 Å². The van der Waals surface area contributed by atoms with Gasteiger partial charge in [0.2, 0.25) is 10.0 Å². The van der Waals surface area contributed by atoms with Crippen LogP contribution in [0.3, 0.4) is 0 Å². The highest BCUT2D eigenvalue weighted by molar-refractivity contribution is 7.89. The number of nitrogens with one attached hydrogen (secondary N) is 1. The maximum Gasteiger partial charge on any atom is 0.292 e. The summed E-state index contributed by atoms with van der Waals surface area (Å²) >= 11 is 12.2. The summed E-state index contributed by atoms with van der Waals surface area (Å²) in [6, 6.07) is 13.1. The number of hydrogen-bond acceptors (Lipinski definition) is 5. The Balaban J connectivity index is 1.81. The molecule has 0 aliphatic carbocycles. The van der Waals surface area contributed by atoms with Gasteiger partial charge in [0.05, 0.1) is 22.5 Å². The molecule has 32 heavy (non-hydrogen) atoms. The molecule has 0 saturated carbocycles. The first kappa shape index (κ1) is 24.3. The first-order valence-electron chi connectivity index (χ1n) is 10.1. The van der Waals surface area contributed by atoms with E-state index >= 15 is 0 Å². The fraction of sp³-hybridized carbons (Fsp3) is 0.273. The van der Waals surface area contributed by atoms with Crippen molar-refractivity contribution in [2.24, 2.45) is 0 Å². The van der Waals surface area contributed by atoms with Crippen LogP contribution < -0.4 is 10.9 Å². The Morgan fingerprint density at radius 1 is 1.03 bits per heavy atom. The fourth-order valence-electron chi connectivity index (χ4n) is 3.26. The summed E-state index contributed by atoms with van der Waals surface area (Å²) in [4.78, 5) is 12.9. The first-order valence-corrected chi connectivity index (χ1v) is 12.3. The molecular formula is C22H24Cl2N4O3S. The summed E-state index contributed by atoms with van der Waals surface area (Å²) in [5, 5.41) is 7.92. The minimum absolute atomic E-state index is 0.00234. The quantitative estimate of drug-likeness (QED) is 0.488. The molecule has 0 radical (unpaired) electrons. The zero-order chi connectivity index (χ0) is 23.5. The Morgan fingerprint density at radius 2 is 1.62 bits per heavy atom. The van der Waals surface area contributed by atoms with Gasteiger partial charge in [-0.3, -0.25) is 4.79 Å². The first-order chi connectivity index (χ1) is 15.2. The molecular weight excluding hydrogens is 471 g/mol. The van der Waals surface area contributed by atoms with Crippen molar-refractivity contribution in [2.75, 3.05) is 18.4 Å². The van der Waals surface area contributed by atoms with Gasteiger partial charge in [0.1, 0.15) is 5.02 Å². The predicted octanol–water partition coefficient (Wildman–Crippen LogP) is 4.74. The van der Waals surface area contributed by atoms with Gasteiger partial charge in [-0.1, -0.05) is 49.2 Å². The van der Waals surface area contributed by atoms with E-state index in [1.807, 2.05) is 6.92 Å². The van der Waals surface area contributed by atoms with Gasteiger partial charge in [0.15, 0.2) is 0 Å². The summed E-state index contributed by atoms with van der Waals surface area (Å²) in [5.41, 5.74) is 1.30. The van der Waals surface area contributed by atoms with E-state index in [2.05, 4.69) is 10.4 Å².